The van der Waals surface area contributed by atoms with Gasteiger partial charge in [0.15, 0.2) is 11.6 Å². The Balaban J connectivity index is 1.86. The van der Waals surface area contributed by atoms with Crippen LogP contribution in [0.1, 0.15) is 12.1 Å². The van der Waals surface area contributed by atoms with Gasteiger partial charge in [0, 0.05) is 26.8 Å². The second kappa shape index (κ2) is 6.29. The van der Waals surface area contributed by atoms with Crippen molar-refractivity contribution in [1.82, 2.24) is 15.3 Å². The Hall–Kier alpha value is -2.18. The predicted molar refractivity (Wildman–Crippen MR) is 90.0 cm³/mol. The Morgan fingerprint density at radius 1 is 1.09 bits per heavy atom. The van der Waals surface area contributed by atoms with Crippen molar-refractivity contribution in [2.24, 2.45) is 5.73 Å². The lowest BCUT2D eigenvalue weighted by molar-refractivity contribution is 0.646. The fourth-order valence-electron chi connectivity index (χ4n) is 2.67. The normalized spacial score (nSPS) is 13.0. The maximum Gasteiger partial charge on any atom is 0.158 e. The SMILES string of the molecule is CN1c2cccnc2N(C)c2nc(CNCCCN)ccc21. The quantitative estimate of drug-likeness (QED) is 0.820. The number of fused-ring (bicyclic) bond motifs is 2. The van der Waals surface area contributed by atoms with Gasteiger partial charge in [-0.05, 0) is 43.8 Å². The smallest absolute Gasteiger partial charge is 0.158 e. The van der Waals surface area contributed by atoms with Gasteiger partial charge in [-0.25, -0.2) is 9.97 Å². The lowest BCUT2D eigenvalue weighted by Crippen LogP contribution is -2.27. The molecule has 0 spiro atoms. The van der Waals surface area contributed by atoms with Crippen molar-refractivity contribution >= 4 is 23.0 Å². The average molecular weight is 298 g/mol. The van der Waals surface area contributed by atoms with Crippen LogP contribution in [0.3, 0.4) is 0 Å². The van der Waals surface area contributed by atoms with Crippen LogP contribution in [0, 0.1) is 0 Å². The van der Waals surface area contributed by atoms with Crippen molar-refractivity contribution in [1.29, 1.82) is 0 Å². The summed E-state index contributed by atoms with van der Waals surface area (Å²) in [4.78, 5) is 13.5. The monoisotopic (exact) mass is 298 g/mol. The zero-order valence-corrected chi connectivity index (χ0v) is 13.1. The number of aromatic nitrogens is 2. The standard InChI is InChI=1S/C16H22N6/c1-21-13-5-3-10-19-15(13)22(2)16-14(21)7-6-12(20-16)11-18-9-4-8-17/h3,5-7,10,18H,4,8-9,11,17H2,1-2H3. The molecule has 0 unspecified atom stereocenters. The van der Waals surface area contributed by atoms with Gasteiger partial charge in [-0.3, -0.25) is 0 Å². The van der Waals surface area contributed by atoms with E-state index in [0.29, 0.717) is 6.54 Å². The highest BCUT2D eigenvalue weighted by atomic mass is 15.3. The van der Waals surface area contributed by atoms with Gasteiger partial charge < -0.3 is 20.9 Å². The zero-order chi connectivity index (χ0) is 15.5. The van der Waals surface area contributed by atoms with Crippen LogP contribution >= 0.6 is 0 Å². The molecule has 0 saturated heterocycles. The zero-order valence-electron chi connectivity index (χ0n) is 13.1. The molecule has 0 aromatic carbocycles. The van der Waals surface area contributed by atoms with Gasteiger partial charge in [0.05, 0.1) is 17.1 Å². The van der Waals surface area contributed by atoms with Gasteiger partial charge >= 0.3 is 0 Å². The Morgan fingerprint density at radius 2 is 1.91 bits per heavy atom. The first-order chi connectivity index (χ1) is 10.7. The molecule has 6 heteroatoms. The Bertz CT molecular complexity index is 657. The molecule has 0 radical (unpaired) electrons. The van der Waals surface area contributed by atoms with Crippen LogP contribution < -0.4 is 20.9 Å². The number of pyridine rings is 2. The summed E-state index contributed by atoms with van der Waals surface area (Å²) in [6.07, 6.45) is 2.79. The molecule has 2 aromatic rings. The number of nitrogens with one attached hydrogen (secondary N) is 1. The highest BCUT2D eigenvalue weighted by molar-refractivity contribution is 5.88. The average Bonchev–Trinajstić information content (AvgIpc) is 2.56. The van der Waals surface area contributed by atoms with Crippen LogP contribution in [-0.2, 0) is 6.54 Å². The van der Waals surface area contributed by atoms with E-state index in [2.05, 4.69) is 33.4 Å². The molecule has 0 bridgehead atoms. The van der Waals surface area contributed by atoms with Crippen molar-refractivity contribution in [2.75, 3.05) is 37.0 Å². The molecule has 3 N–H and O–H groups in total. The van der Waals surface area contributed by atoms with Crippen molar-refractivity contribution < 1.29 is 0 Å². The van der Waals surface area contributed by atoms with Crippen molar-refractivity contribution in [3.63, 3.8) is 0 Å². The van der Waals surface area contributed by atoms with Gasteiger partial charge in [0.1, 0.15) is 0 Å². The third kappa shape index (κ3) is 2.63. The molecule has 1 aliphatic rings. The fraction of sp³-hybridized carbons (Fsp3) is 0.375. The first kappa shape index (κ1) is 14.7. The van der Waals surface area contributed by atoms with Crippen LogP contribution in [0.4, 0.5) is 23.0 Å². The number of anilines is 4. The number of hydrogen-bond acceptors (Lipinski definition) is 6. The summed E-state index contributed by atoms with van der Waals surface area (Å²) in [5.41, 5.74) is 8.71. The Morgan fingerprint density at radius 3 is 2.73 bits per heavy atom. The minimum Gasteiger partial charge on any atom is -0.339 e. The van der Waals surface area contributed by atoms with Crippen LogP contribution in [0.25, 0.3) is 0 Å². The first-order valence-electron chi connectivity index (χ1n) is 7.55. The summed E-state index contributed by atoms with van der Waals surface area (Å²) in [6, 6.07) is 8.22. The second-order valence-electron chi connectivity index (χ2n) is 5.43. The maximum absolute atomic E-state index is 5.50. The van der Waals surface area contributed by atoms with Crippen LogP contribution in [0.2, 0.25) is 0 Å². The molecule has 0 amide bonds. The van der Waals surface area contributed by atoms with E-state index in [4.69, 9.17) is 10.7 Å². The minimum absolute atomic E-state index is 0.709. The summed E-state index contributed by atoms with van der Waals surface area (Å²) < 4.78 is 0. The molecule has 3 rings (SSSR count). The highest BCUT2D eigenvalue weighted by Crippen LogP contribution is 2.43. The van der Waals surface area contributed by atoms with Crippen molar-refractivity contribution in [2.45, 2.75) is 13.0 Å². The fourth-order valence-corrected chi connectivity index (χ4v) is 2.67. The van der Waals surface area contributed by atoms with Crippen LogP contribution in [-0.4, -0.2) is 37.2 Å². The molecule has 3 heterocycles. The number of nitrogens with two attached hydrogens (primary N) is 1. The van der Waals surface area contributed by atoms with Gasteiger partial charge in [0.25, 0.3) is 0 Å². The van der Waals surface area contributed by atoms with E-state index < -0.39 is 0 Å². The Kier molecular flexibility index (Phi) is 4.22. The first-order valence-corrected chi connectivity index (χ1v) is 7.55. The molecule has 6 nitrogen and oxygen atoms in total. The Labute approximate surface area is 131 Å². The second-order valence-corrected chi connectivity index (χ2v) is 5.43. The van der Waals surface area contributed by atoms with E-state index in [9.17, 15) is 0 Å². The summed E-state index contributed by atoms with van der Waals surface area (Å²) in [5, 5.41) is 3.36. The summed E-state index contributed by atoms with van der Waals surface area (Å²) in [6.45, 7) is 2.37. The molecular weight excluding hydrogens is 276 g/mol. The molecule has 0 aliphatic carbocycles. The molecule has 116 valence electrons. The number of rotatable bonds is 5. The lowest BCUT2D eigenvalue weighted by atomic mass is 10.2. The molecule has 1 aliphatic heterocycles. The number of hydrogen-bond donors (Lipinski definition) is 2. The topological polar surface area (TPSA) is 70.3 Å². The van der Waals surface area contributed by atoms with Crippen molar-refractivity contribution in [3.8, 4) is 0 Å². The maximum atomic E-state index is 5.50. The summed E-state index contributed by atoms with van der Waals surface area (Å²) in [5.74, 6) is 1.87. The summed E-state index contributed by atoms with van der Waals surface area (Å²) in [7, 11) is 4.06. The molecule has 0 fully saturated rings. The number of nitrogens with zero attached hydrogens (tertiary/aromatic N) is 4. The van der Waals surface area contributed by atoms with E-state index in [1.54, 1.807) is 0 Å². The van der Waals surface area contributed by atoms with Crippen molar-refractivity contribution in [3.05, 3.63) is 36.2 Å². The third-order valence-electron chi connectivity index (χ3n) is 3.90. The van der Waals surface area contributed by atoms with Gasteiger partial charge in [0.2, 0.25) is 0 Å². The predicted octanol–water partition coefficient (Wildman–Crippen LogP) is 1.76. The van der Waals surface area contributed by atoms with Gasteiger partial charge in [-0.15, -0.1) is 0 Å². The molecule has 2 aromatic heterocycles. The van der Waals surface area contributed by atoms with Crippen LogP contribution in [0.5, 0.6) is 0 Å². The van der Waals surface area contributed by atoms with Crippen LogP contribution in [0.15, 0.2) is 30.5 Å². The van der Waals surface area contributed by atoms with E-state index in [1.807, 2.05) is 31.3 Å². The van der Waals surface area contributed by atoms with E-state index >= 15 is 0 Å². The van der Waals surface area contributed by atoms with E-state index in [0.717, 1.165) is 48.2 Å². The van der Waals surface area contributed by atoms with E-state index in [-0.39, 0.29) is 0 Å². The lowest BCUT2D eigenvalue weighted by Gasteiger charge is -2.34. The largest absolute Gasteiger partial charge is 0.339 e. The van der Waals surface area contributed by atoms with Gasteiger partial charge in [-0.1, -0.05) is 0 Å². The minimum atomic E-state index is 0.709. The highest BCUT2D eigenvalue weighted by Gasteiger charge is 2.26. The molecule has 22 heavy (non-hydrogen) atoms. The third-order valence-corrected chi connectivity index (χ3v) is 3.90. The summed E-state index contributed by atoms with van der Waals surface area (Å²) >= 11 is 0. The molecular formula is C16H22N6. The van der Waals surface area contributed by atoms with Gasteiger partial charge in [-0.2, -0.15) is 0 Å². The van der Waals surface area contributed by atoms with E-state index in [1.165, 1.54) is 0 Å². The molecule has 0 saturated carbocycles. The molecule has 0 atom stereocenters.